The second-order valence-corrected chi connectivity index (χ2v) is 18.9. The molecule has 54 heavy (non-hydrogen) atoms. The summed E-state index contributed by atoms with van der Waals surface area (Å²) in [6.07, 6.45) is 0. The molecule has 7 aromatic carbocycles. The highest BCUT2D eigenvalue weighted by atomic mass is 28.3. The standard InChI is InChI=1S/C49H40N2O2Si/c1-31-25-27-34(29-38(31)36-17-13-20-41-46(36)52-45-24-12-9-19-40(45)49(41,3)4)54(5,33-15-7-6-8-16-33)35-28-26-32(2)39(30-35)37-18-14-23-44-47(37)53-48-50-42-21-10-11-22-43(42)51(44)48/h6-30H,1-5H3/i1D3,2D3. The van der Waals surface area contributed by atoms with E-state index in [9.17, 15) is 0 Å². The number of aryl methyl sites for hydroxylation is 2. The van der Waals surface area contributed by atoms with Gasteiger partial charge in [0.05, 0.1) is 16.6 Å². The van der Waals surface area contributed by atoms with Crippen LogP contribution in [0.3, 0.4) is 0 Å². The van der Waals surface area contributed by atoms with E-state index < -0.39 is 27.2 Å². The zero-order valence-corrected chi connectivity index (χ0v) is 31.1. The summed E-state index contributed by atoms with van der Waals surface area (Å²) in [7, 11) is -3.07. The molecule has 0 saturated heterocycles. The van der Waals surface area contributed by atoms with Crippen molar-refractivity contribution < 1.29 is 17.4 Å². The first-order valence-corrected chi connectivity index (χ1v) is 20.7. The second-order valence-electron chi connectivity index (χ2n) is 14.9. The van der Waals surface area contributed by atoms with Gasteiger partial charge >= 0.3 is 5.84 Å². The fraction of sp³-hybridized carbons (Fsp3) is 0.122. The van der Waals surface area contributed by atoms with E-state index in [1.54, 1.807) is 12.1 Å². The minimum Gasteiger partial charge on any atom is -0.456 e. The van der Waals surface area contributed by atoms with Crippen LogP contribution in [0.15, 0.2) is 156 Å². The third kappa shape index (κ3) is 4.71. The molecule has 0 spiro atoms. The van der Waals surface area contributed by atoms with Crippen LogP contribution >= 0.6 is 0 Å². The van der Waals surface area contributed by atoms with Gasteiger partial charge in [0.25, 0.3) is 0 Å². The molecule has 3 heterocycles. The number of imidazole rings is 1. The smallest absolute Gasteiger partial charge is 0.307 e. The second kappa shape index (κ2) is 11.9. The lowest BCUT2D eigenvalue weighted by Gasteiger charge is -2.36. The van der Waals surface area contributed by atoms with Gasteiger partial charge in [-0.3, -0.25) is 4.40 Å². The Balaban J connectivity index is 1.22. The SMILES string of the molecule is [2H]C([2H])([2H])c1ccc([Si](C)(c2ccccc2)c2ccc(C([2H])([2H])[2H])c(-c3cccc4c3oc3nc5ccccc5n34)c2)cc1-c1cccc2c1Oc1ccccc1C2(C)C. The molecular weight excluding hydrogens is 677 g/mol. The normalized spacial score (nSPS) is 16.6. The summed E-state index contributed by atoms with van der Waals surface area (Å²) >= 11 is 0. The predicted octanol–water partition coefficient (Wildman–Crippen LogP) is 10.7. The average Bonchev–Trinajstić information content (AvgIpc) is 3.79. The predicted molar refractivity (Wildman–Crippen MR) is 225 cm³/mol. The molecule has 4 nitrogen and oxygen atoms in total. The van der Waals surface area contributed by atoms with E-state index in [2.05, 4.69) is 44.7 Å². The lowest BCUT2D eigenvalue weighted by Crippen LogP contribution is -2.64. The molecule has 0 amide bonds. The van der Waals surface area contributed by atoms with Crippen LogP contribution in [0.4, 0.5) is 0 Å². The van der Waals surface area contributed by atoms with Gasteiger partial charge in [0.15, 0.2) is 5.58 Å². The first-order chi connectivity index (χ1) is 28.7. The highest BCUT2D eigenvalue weighted by molar-refractivity contribution is 7.10. The number of rotatable bonds is 5. The number of oxazole rings is 1. The van der Waals surface area contributed by atoms with E-state index in [0.717, 1.165) is 49.0 Å². The quantitative estimate of drug-likeness (QED) is 0.131. The Morgan fingerprint density at radius 2 is 1.22 bits per heavy atom. The number of ether oxygens (including phenoxy) is 1. The monoisotopic (exact) mass is 722 g/mol. The van der Waals surface area contributed by atoms with Crippen LogP contribution in [0, 0.1) is 13.7 Å². The van der Waals surface area contributed by atoms with Gasteiger partial charge in [-0.2, -0.15) is 4.98 Å². The maximum atomic E-state index is 8.73. The first kappa shape index (κ1) is 26.6. The summed E-state index contributed by atoms with van der Waals surface area (Å²) in [6, 6.07) is 49.3. The first-order valence-electron chi connectivity index (χ1n) is 21.2. The van der Waals surface area contributed by atoms with Gasteiger partial charge in [0, 0.05) is 35.9 Å². The van der Waals surface area contributed by atoms with Crippen LogP contribution in [0.2, 0.25) is 6.55 Å². The van der Waals surface area contributed by atoms with Crippen LogP contribution in [-0.4, -0.2) is 17.5 Å². The van der Waals surface area contributed by atoms with Gasteiger partial charge in [-0.1, -0.05) is 148 Å². The summed E-state index contributed by atoms with van der Waals surface area (Å²) < 4.78 is 67.5. The zero-order valence-electron chi connectivity index (χ0n) is 36.1. The Kier molecular flexibility index (Phi) is 5.87. The van der Waals surface area contributed by atoms with Gasteiger partial charge in [0.1, 0.15) is 19.6 Å². The van der Waals surface area contributed by atoms with Crippen molar-refractivity contribution in [3.63, 3.8) is 0 Å². The fourth-order valence-corrected chi connectivity index (χ4v) is 12.1. The third-order valence-electron chi connectivity index (χ3n) is 11.5. The molecule has 5 heteroatoms. The van der Waals surface area contributed by atoms with Crippen molar-refractivity contribution in [3.05, 3.63) is 174 Å². The molecule has 0 fully saturated rings. The fourth-order valence-electron chi connectivity index (χ4n) is 8.52. The average molecular weight is 723 g/mol. The molecule has 0 radical (unpaired) electrons. The van der Waals surface area contributed by atoms with Crippen molar-refractivity contribution in [1.82, 2.24) is 9.38 Å². The van der Waals surface area contributed by atoms with Crippen molar-refractivity contribution in [2.45, 2.75) is 39.5 Å². The summed E-state index contributed by atoms with van der Waals surface area (Å²) in [5.41, 5.74) is 7.55. The highest BCUT2D eigenvalue weighted by Gasteiger charge is 2.38. The lowest BCUT2D eigenvalue weighted by atomic mass is 9.74. The Morgan fingerprint density at radius 1 is 0.593 bits per heavy atom. The zero-order chi connectivity index (χ0) is 41.8. The molecule has 2 aromatic heterocycles. The summed E-state index contributed by atoms with van der Waals surface area (Å²) in [6.45, 7) is 1.72. The van der Waals surface area contributed by atoms with E-state index in [0.29, 0.717) is 39.4 Å². The van der Waals surface area contributed by atoms with E-state index >= 15 is 0 Å². The Labute approximate surface area is 324 Å². The molecule has 10 rings (SSSR count). The lowest BCUT2D eigenvalue weighted by molar-refractivity contribution is 0.419. The van der Waals surface area contributed by atoms with E-state index in [-0.39, 0.29) is 11.1 Å². The van der Waals surface area contributed by atoms with Crippen LogP contribution in [0.25, 0.3) is 50.2 Å². The van der Waals surface area contributed by atoms with Crippen molar-refractivity contribution in [1.29, 1.82) is 0 Å². The molecular formula is C49H40N2O2Si. The maximum Gasteiger partial charge on any atom is 0.307 e. The maximum absolute atomic E-state index is 8.73. The van der Waals surface area contributed by atoms with Crippen LogP contribution in [0.5, 0.6) is 11.5 Å². The van der Waals surface area contributed by atoms with Crippen molar-refractivity contribution in [3.8, 4) is 33.8 Å². The van der Waals surface area contributed by atoms with Gasteiger partial charge in [0.2, 0.25) is 0 Å². The van der Waals surface area contributed by atoms with Gasteiger partial charge < -0.3 is 9.15 Å². The minimum atomic E-state index is -3.07. The van der Waals surface area contributed by atoms with Crippen molar-refractivity contribution >= 4 is 51.6 Å². The largest absolute Gasteiger partial charge is 0.456 e. The number of aromatic nitrogens is 2. The number of para-hydroxylation sites is 5. The highest BCUT2D eigenvalue weighted by Crippen LogP contribution is 2.51. The Bertz CT molecular complexity index is 3170. The summed E-state index contributed by atoms with van der Waals surface area (Å²) in [5, 5.41) is 2.98. The molecule has 1 unspecified atom stereocenters. The topological polar surface area (TPSA) is 39.7 Å². The molecule has 0 N–H and O–H groups in total. The van der Waals surface area contributed by atoms with E-state index in [1.807, 2.05) is 120 Å². The molecule has 0 saturated carbocycles. The molecule has 1 aliphatic rings. The van der Waals surface area contributed by atoms with Crippen molar-refractivity contribution in [2.75, 3.05) is 0 Å². The van der Waals surface area contributed by atoms with E-state index in [4.69, 9.17) is 22.4 Å². The molecule has 1 aliphatic heterocycles. The molecule has 9 aromatic rings. The summed E-state index contributed by atoms with van der Waals surface area (Å²) in [4.78, 5) is 4.74. The molecule has 0 aliphatic carbocycles. The van der Waals surface area contributed by atoms with Crippen LogP contribution < -0.4 is 20.3 Å². The minimum absolute atomic E-state index is 0.205. The number of benzene rings is 7. The number of hydrogen-bond acceptors (Lipinski definition) is 3. The number of nitrogens with zero attached hydrogens (tertiary/aromatic N) is 2. The van der Waals surface area contributed by atoms with Gasteiger partial charge in [-0.05, 0) is 75.8 Å². The van der Waals surface area contributed by atoms with Crippen molar-refractivity contribution in [2.24, 2.45) is 0 Å². The Hall–Kier alpha value is -6.17. The molecule has 262 valence electrons. The van der Waals surface area contributed by atoms with E-state index in [1.165, 1.54) is 0 Å². The third-order valence-corrected chi connectivity index (χ3v) is 16.0. The van der Waals surface area contributed by atoms with Gasteiger partial charge in [-0.25, -0.2) is 0 Å². The Morgan fingerprint density at radius 3 is 2.00 bits per heavy atom. The summed E-state index contributed by atoms with van der Waals surface area (Å²) in [5.74, 6) is 1.81. The molecule has 0 bridgehead atoms. The van der Waals surface area contributed by atoms with Gasteiger partial charge in [-0.15, -0.1) is 0 Å². The number of fused-ring (bicyclic) bond motifs is 7. The van der Waals surface area contributed by atoms with Crippen LogP contribution in [-0.2, 0) is 5.41 Å². The van der Waals surface area contributed by atoms with Crippen LogP contribution in [0.1, 0.15) is 44.3 Å². The number of hydrogen-bond donors (Lipinski definition) is 0. The molecule has 1 atom stereocenters.